The van der Waals surface area contributed by atoms with Crippen LogP contribution in [0.2, 0.25) is 0 Å². The molecule has 7 nitrogen and oxygen atoms in total. The van der Waals surface area contributed by atoms with E-state index >= 15 is 0 Å². The summed E-state index contributed by atoms with van der Waals surface area (Å²) in [5, 5.41) is 7.15. The van der Waals surface area contributed by atoms with Crippen LogP contribution in [0.5, 0.6) is 5.75 Å². The Morgan fingerprint density at radius 1 is 1.15 bits per heavy atom. The summed E-state index contributed by atoms with van der Waals surface area (Å²) in [5.41, 5.74) is 2.66. The first-order valence-electron chi connectivity index (χ1n) is 11.1. The molecule has 2 aromatic carbocycles. The summed E-state index contributed by atoms with van der Waals surface area (Å²) in [7, 11) is -1.85. The third-order valence-electron chi connectivity index (χ3n) is 6.42. The molecule has 2 N–H and O–H groups in total. The highest BCUT2D eigenvalue weighted by atomic mass is 35.5. The van der Waals surface area contributed by atoms with Gasteiger partial charge in [-0.1, -0.05) is 29.8 Å². The van der Waals surface area contributed by atoms with Crippen LogP contribution in [0.3, 0.4) is 0 Å². The van der Waals surface area contributed by atoms with Gasteiger partial charge in [-0.05, 0) is 56.0 Å². The minimum absolute atomic E-state index is 0. The molecule has 2 heterocycles. The highest BCUT2D eigenvalue weighted by Crippen LogP contribution is 2.30. The van der Waals surface area contributed by atoms with E-state index in [9.17, 15) is 8.42 Å². The smallest absolute Gasteiger partial charge is 0.243 e. The molecule has 9 heteroatoms. The molecule has 0 aliphatic carbocycles. The zero-order chi connectivity index (χ0) is 22.8. The van der Waals surface area contributed by atoms with Crippen molar-refractivity contribution < 1.29 is 13.2 Å². The average Bonchev–Trinajstić information content (AvgIpc) is 2.79. The summed E-state index contributed by atoms with van der Waals surface area (Å²) in [6.07, 6.45) is 1.36. The summed E-state index contributed by atoms with van der Waals surface area (Å²) in [4.78, 5) is 5.18. The van der Waals surface area contributed by atoms with Crippen LogP contribution in [-0.2, 0) is 16.6 Å². The quantitative estimate of drug-likeness (QED) is 0.670. The summed E-state index contributed by atoms with van der Waals surface area (Å²) >= 11 is 0. The van der Waals surface area contributed by atoms with Crippen LogP contribution in [0.1, 0.15) is 29.5 Å². The highest BCUT2D eigenvalue weighted by molar-refractivity contribution is 7.89. The van der Waals surface area contributed by atoms with Crippen molar-refractivity contribution in [2.75, 3.05) is 33.3 Å². The number of hydrogen-bond donors (Lipinski definition) is 2. The predicted octanol–water partition coefficient (Wildman–Crippen LogP) is 3.05. The molecule has 0 radical (unpaired) electrons. The van der Waals surface area contributed by atoms with Crippen LogP contribution in [-0.4, -0.2) is 57.4 Å². The van der Waals surface area contributed by atoms with E-state index in [1.807, 2.05) is 44.2 Å². The Kier molecular flexibility index (Phi) is 8.05. The number of amidine groups is 1. The number of benzene rings is 2. The fraction of sp³-hybridized carbons (Fsp3) is 0.458. The second-order valence-corrected chi connectivity index (χ2v) is 10.5. The van der Waals surface area contributed by atoms with Gasteiger partial charge in [0.2, 0.25) is 10.0 Å². The number of ether oxygens (including phenoxy) is 1. The molecule has 0 saturated carbocycles. The summed E-state index contributed by atoms with van der Waals surface area (Å²) < 4.78 is 33.5. The molecule has 1 saturated heterocycles. The van der Waals surface area contributed by atoms with Crippen molar-refractivity contribution in [1.29, 1.82) is 0 Å². The normalized spacial score (nSPS) is 18.3. The van der Waals surface area contributed by atoms with Crippen molar-refractivity contribution in [1.82, 2.24) is 14.9 Å². The molecule has 33 heavy (non-hydrogen) atoms. The minimum Gasteiger partial charge on any atom is -0.497 e. The Morgan fingerprint density at radius 3 is 2.61 bits per heavy atom. The van der Waals surface area contributed by atoms with Crippen LogP contribution >= 0.6 is 12.4 Å². The van der Waals surface area contributed by atoms with Gasteiger partial charge in [-0.2, -0.15) is 4.31 Å². The van der Waals surface area contributed by atoms with Crippen LogP contribution in [0.25, 0.3) is 0 Å². The Morgan fingerprint density at radius 2 is 1.91 bits per heavy atom. The number of nitrogens with one attached hydrogen (secondary N) is 2. The van der Waals surface area contributed by atoms with E-state index < -0.39 is 10.0 Å². The molecule has 2 aromatic rings. The van der Waals surface area contributed by atoms with Gasteiger partial charge in [-0.15, -0.1) is 12.4 Å². The molecule has 2 aliphatic heterocycles. The topological polar surface area (TPSA) is 83.0 Å². The zero-order valence-electron chi connectivity index (χ0n) is 19.4. The van der Waals surface area contributed by atoms with Crippen molar-refractivity contribution in [3.05, 3.63) is 59.2 Å². The molecule has 4 rings (SSSR count). The molecule has 0 amide bonds. The zero-order valence-corrected chi connectivity index (χ0v) is 21.1. The number of halogens is 1. The molecule has 0 bridgehead atoms. The molecular formula is C24H33ClN4O3S. The fourth-order valence-corrected chi connectivity index (χ4v) is 6.29. The van der Waals surface area contributed by atoms with Crippen molar-refractivity contribution in [2.24, 2.45) is 4.99 Å². The van der Waals surface area contributed by atoms with Gasteiger partial charge in [-0.3, -0.25) is 4.99 Å². The predicted molar refractivity (Wildman–Crippen MR) is 134 cm³/mol. The molecule has 1 spiro atoms. The van der Waals surface area contributed by atoms with Gasteiger partial charge >= 0.3 is 0 Å². The van der Waals surface area contributed by atoms with Gasteiger partial charge in [0, 0.05) is 26.2 Å². The van der Waals surface area contributed by atoms with Gasteiger partial charge < -0.3 is 15.4 Å². The van der Waals surface area contributed by atoms with Crippen LogP contribution in [0.15, 0.2) is 52.4 Å². The van der Waals surface area contributed by atoms with E-state index in [0.717, 1.165) is 34.8 Å². The van der Waals surface area contributed by atoms with E-state index in [1.165, 1.54) is 0 Å². The maximum absolute atomic E-state index is 13.3. The van der Waals surface area contributed by atoms with Gasteiger partial charge in [0.05, 0.1) is 24.1 Å². The molecule has 1 fully saturated rings. The summed E-state index contributed by atoms with van der Waals surface area (Å²) in [6, 6.07) is 13.5. The Bertz CT molecular complexity index is 1110. The van der Waals surface area contributed by atoms with Crippen molar-refractivity contribution in [3.8, 4) is 5.75 Å². The third kappa shape index (κ3) is 5.35. The van der Waals surface area contributed by atoms with E-state index in [0.29, 0.717) is 43.9 Å². The van der Waals surface area contributed by atoms with Crippen LogP contribution < -0.4 is 15.4 Å². The number of methoxy groups -OCH3 is 1. The van der Waals surface area contributed by atoms with E-state index in [4.69, 9.17) is 9.73 Å². The molecular weight excluding hydrogens is 460 g/mol. The number of nitrogens with zero attached hydrogens (tertiary/aromatic N) is 2. The van der Waals surface area contributed by atoms with E-state index in [1.54, 1.807) is 17.5 Å². The molecule has 180 valence electrons. The minimum atomic E-state index is -3.51. The number of piperidine rings is 1. The molecule has 0 unspecified atom stereocenters. The summed E-state index contributed by atoms with van der Waals surface area (Å²) in [6.45, 7) is 6.92. The van der Waals surface area contributed by atoms with Gasteiger partial charge in [-0.25, -0.2) is 8.42 Å². The standard InChI is InChI=1S/C24H32N4O3S.ClH/c1-18-7-8-22(19(2)15-18)32(29,30)28-13-9-24(10-14-28)23(25-11-12-27-24)26-17-20-5-4-6-21(16-20)31-3;/h4-8,15-16,27H,9-14,17H2,1-3H3,(H,25,26);1H. The summed E-state index contributed by atoms with van der Waals surface area (Å²) in [5.74, 6) is 1.75. The number of aryl methyl sites for hydroxylation is 2. The van der Waals surface area contributed by atoms with Gasteiger partial charge in [0.15, 0.2) is 0 Å². The van der Waals surface area contributed by atoms with Gasteiger partial charge in [0.1, 0.15) is 11.6 Å². The molecule has 0 aromatic heterocycles. The van der Waals surface area contributed by atoms with Crippen molar-refractivity contribution >= 4 is 28.3 Å². The number of rotatable bonds is 5. The monoisotopic (exact) mass is 492 g/mol. The molecule has 0 atom stereocenters. The number of sulfonamides is 1. The van der Waals surface area contributed by atoms with E-state index in [-0.39, 0.29) is 17.9 Å². The SMILES string of the molecule is COc1cccc(CNC2=NCCNC23CCN(S(=O)(=O)c2ccc(C)cc2C)CC3)c1.Cl. The highest BCUT2D eigenvalue weighted by Gasteiger charge is 2.43. The van der Waals surface area contributed by atoms with Crippen LogP contribution in [0.4, 0.5) is 0 Å². The lowest BCUT2D eigenvalue weighted by molar-refractivity contribution is 0.241. The Balaban J connectivity index is 0.00000306. The largest absolute Gasteiger partial charge is 0.497 e. The second-order valence-electron chi connectivity index (χ2n) is 8.62. The fourth-order valence-electron chi connectivity index (χ4n) is 4.64. The first-order valence-corrected chi connectivity index (χ1v) is 12.5. The first-order chi connectivity index (χ1) is 15.3. The number of hydrogen-bond acceptors (Lipinski definition) is 6. The maximum Gasteiger partial charge on any atom is 0.243 e. The number of aliphatic imine (C=N–C) groups is 1. The first kappa shape index (κ1) is 25.5. The molecule has 2 aliphatic rings. The lowest BCUT2D eigenvalue weighted by Crippen LogP contribution is -2.64. The maximum atomic E-state index is 13.3. The Hall–Kier alpha value is -2.13. The third-order valence-corrected chi connectivity index (χ3v) is 8.48. The van der Waals surface area contributed by atoms with Crippen molar-refractivity contribution in [3.63, 3.8) is 0 Å². The van der Waals surface area contributed by atoms with E-state index in [2.05, 4.69) is 16.7 Å². The van der Waals surface area contributed by atoms with Gasteiger partial charge in [0.25, 0.3) is 0 Å². The van der Waals surface area contributed by atoms with Crippen molar-refractivity contribution in [2.45, 2.75) is 43.7 Å². The second kappa shape index (κ2) is 10.4. The Labute approximate surface area is 203 Å². The lowest BCUT2D eigenvalue weighted by atomic mass is 9.85. The lowest BCUT2D eigenvalue weighted by Gasteiger charge is -2.44. The average molecular weight is 493 g/mol. The van der Waals surface area contributed by atoms with Crippen LogP contribution in [0, 0.1) is 13.8 Å².